The zero-order valence-electron chi connectivity index (χ0n) is 30.9. The third-order valence-electron chi connectivity index (χ3n) is 12.1. The number of fused-ring (bicyclic) bond motifs is 7. The van der Waals surface area contributed by atoms with Gasteiger partial charge in [0.15, 0.2) is 0 Å². The number of hydrogen-bond donors (Lipinski definition) is 0. The predicted octanol–water partition coefficient (Wildman–Crippen LogP) is 13.1. The van der Waals surface area contributed by atoms with Crippen LogP contribution in [-0.4, -0.2) is 0 Å². The zero-order valence-corrected chi connectivity index (χ0v) is 31.7. The minimum absolute atomic E-state index is 0.245. The summed E-state index contributed by atoms with van der Waals surface area (Å²) in [6, 6.07) is 59.0. The van der Waals surface area contributed by atoms with Crippen molar-refractivity contribution in [3.8, 4) is 22.3 Å². The number of rotatable bonds is 4. The molecule has 2 aliphatic rings. The van der Waals surface area contributed by atoms with Crippen LogP contribution in [0.1, 0.15) is 22.3 Å². The van der Waals surface area contributed by atoms with Crippen LogP contribution in [0.3, 0.4) is 0 Å². The molecule has 1 heterocycles. The molecule has 0 saturated heterocycles. The van der Waals surface area contributed by atoms with E-state index in [1.165, 1.54) is 108 Å². The fraction of sp³-hybridized carbons (Fsp3) is 0.0741. The number of benzene rings is 8. The fourth-order valence-electron chi connectivity index (χ4n) is 9.84. The van der Waals surface area contributed by atoms with Crippen molar-refractivity contribution < 1.29 is 0 Å². The monoisotopic (exact) mass is 718 g/mol. The van der Waals surface area contributed by atoms with E-state index in [9.17, 15) is 0 Å². The topological polar surface area (TPSA) is 0 Å². The van der Waals surface area contributed by atoms with Crippen LogP contribution in [0.5, 0.6) is 0 Å². The van der Waals surface area contributed by atoms with Gasteiger partial charge >= 0.3 is 0 Å². The Bertz CT molecular complexity index is 3150. The van der Waals surface area contributed by atoms with Gasteiger partial charge in [-0.25, -0.2) is 0 Å². The van der Waals surface area contributed by atoms with Crippen LogP contribution in [-0.2, 0) is 0 Å². The van der Waals surface area contributed by atoms with E-state index in [1.54, 1.807) is 0 Å². The summed E-state index contributed by atoms with van der Waals surface area (Å²) >= 11 is 1.95. The minimum atomic E-state index is 0.245. The van der Waals surface area contributed by atoms with Crippen molar-refractivity contribution in [1.82, 2.24) is 0 Å². The van der Waals surface area contributed by atoms with Crippen LogP contribution in [0.4, 0.5) is 0 Å². The molecule has 0 fully saturated rings. The highest BCUT2D eigenvalue weighted by Gasteiger charge is 2.32. The summed E-state index contributed by atoms with van der Waals surface area (Å²) < 4.78 is 2.69. The molecule has 0 bridgehead atoms. The van der Waals surface area contributed by atoms with Crippen LogP contribution >= 0.6 is 11.3 Å². The van der Waals surface area contributed by atoms with Crippen LogP contribution in [0.15, 0.2) is 182 Å². The average Bonchev–Trinajstić information content (AvgIpc) is 3.61. The Morgan fingerprint density at radius 1 is 0.400 bits per heavy atom. The fourth-order valence-corrected chi connectivity index (χ4v) is 11.1. The maximum Gasteiger partial charge on any atom is 0.0431 e. The second-order valence-electron chi connectivity index (χ2n) is 15.2. The van der Waals surface area contributed by atoms with E-state index >= 15 is 0 Å². The molecule has 8 aromatic carbocycles. The smallest absolute Gasteiger partial charge is 0.0431 e. The number of thiophene rings is 1. The Morgan fingerprint density at radius 2 is 0.945 bits per heavy atom. The van der Waals surface area contributed by atoms with Crippen LogP contribution in [0, 0.1) is 25.7 Å². The Morgan fingerprint density at radius 3 is 1.62 bits per heavy atom. The molecule has 1 heteroatoms. The van der Waals surface area contributed by atoms with Gasteiger partial charge in [-0.15, -0.1) is 11.3 Å². The SMILES string of the molecule is Cc1cccc(C)c1-c1c2ccccc2c(-c2ccc3c(c2)sc2c(C4=c5ccccc5=C(c5ccccc5)C5C=CC=CC45)cccc23)c2ccccc12. The van der Waals surface area contributed by atoms with Gasteiger partial charge in [0.1, 0.15) is 0 Å². The lowest BCUT2D eigenvalue weighted by atomic mass is 9.70. The summed E-state index contributed by atoms with van der Waals surface area (Å²) in [6.45, 7) is 4.49. The number of aryl methyl sites for hydroxylation is 2. The van der Waals surface area contributed by atoms with Gasteiger partial charge in [0.25, 0.3) is 0 Å². The third kappa shape index (κ3) is 4.90. The molecule has 1 aromatic heterocycles. The first-order chi connectivity index (χ1) is 27.2. The summed E-state index contributed by atoms with van der Waals surface area (Å²) in [6.07, 6.45) is 9.33. The molecule has 2 unspecified atom stereocenters. The van der Waals surface area contributed by atoms with Crippen molar-refractivity contribution in [3.63, 3.8) is 0 Å². The lowest BCUT2D eigenvalue weighted by Crippen LogP contribution is -2.40. The Labute approximate surface area is 325 Å². The third-order valence-corrected chi connectivity index (χ3v) is 13.3. The standard InChI is InChI=1S/C54H38S/c1-33-16-14-17-34(2)49(33)53-44-26-12-8-22-40(44)51(41-23-9-13-27-45(41)53)36-30-31-37-46-28-15-29-47(54(46)55-48(37)32-36)52-42-24-10-6-20-38(42)50(35-18-4-3-5-19-35)39-21-7-11-25-43(39)52/h3-32,38,42H,1-2H3. The highest BCUT2D eigenvalue weighted by Crippen LogP contribution is 2.48. The highest BCUT2D eigenvalue weighted by molar-refractivity contribution is 7.26. The average molecular weight is 719 g/mol. The first kappa shape index (κ1) is 32.2. The quantitative estimate of drug-likeness (QED) is 0.159. The number of allylic oxidation sites excluding steroid dienone is 4. The van der Waals surface area contributed by atoms with Gasteiger partial charge in [-0.1, -0.05) is 176 Å². The molecule has 0 radical (unpaired) electrons. The highest BCUT2D eigenvalue weighted by atomic mass is 32.1. The van der Waals surface area contributed by atoms with E-state index in [0.717, 1.165) is 0 Å². The number of hydrogen-bond acceptors (Lipinski definition) is 1. The molecule has 2 aliphatic carbocycles. The Balaban J connectivity index is 1.17. The largest absolute Gasteiger partial charge is 0.135 e. The van der Waals surface area contributed by atoms with Crippen molar-refractivity contribution in [2.24, 2.45) is 11.8 Å². The van der Waals surface area contributed by atoms with E-state index in [1.807, 2.05) is 11.3 Å². The van der Waals surface area contributed by atoms with E-state index < -0.39 is 0 Å². The molecule has 0 amide bonds. The molecule has 0 N–H and O–H groups in total. The second kappa shape index (κ2) is 12.7. The van der Waals surface area contributed by atoms with Gasteiger partial charge in [0.2, 0.25) is 0 Å². The van der Waals surface area contributed by atoms with E-state index in [4.69, 9.17) is 0 Å². The molecule has 9 aromatic rings. The Kier molecular flexibility index (Phi) is 7.40. The van der Waals surface area contributed by atoms with Crippen molar-refractivity contribution in [1.29, 1.82) is 0 Å². The molecule has 2 atom stereocenters. The molecule has 260 valence electrons. The summed E-state index contributed by atoms with van der Waals surface area (Å²) in [5.41, 5.74) is 13.4. The van der Waals surface area contributed by atoms with Crippen molar-refractivity contribution in [2.75, 3.05) is 0 Å². The molecule has 11 rings (SSSR count). The predicted molar refractivity (Wildman–Crippen MR) is 237 cm³/mol. The van der Waals surface area contributed by atoms with Gasteiger partial charge in [-0.2, -0.15) is 0 Å². The minimum Gasteiger partial charge on any atom is -0.135 e. The van der Waals surface area contributed by atoms with Crippen LogP contribution < -0.4 is 10.4 Å². The Hall–Kier alpha value is -6.28. The van der Waals surface area contributed by atoms with Crippen LogP contribution in [0.25, 0.3) is 75.1 Å². The second-order valence-corrected chi connectivity index (χ2v) is 16.2. The molecule has 0 nitrogen and oxygen atoms in total. The van der Waals surface area contributed by atoms with Gasteiger partial charge in [0, 0.05) is 32.0 Å². The van der Waals surface area contributed by atoms with Crippen LogP contribution in [0.2, 0.25) is 0 Å². The molecule has 0 aliphatic heterocycles. The van der Waals surface area contributed by atoms with Crippen molar-refractivity contribution in [3.05, 3.63) is 215 Å². The van der Waals surface area contributed by atoms with E-state index in [2.05, 4.69) is 196 Å². The zero-order chi connectivity index (χ0) is 36.6. The lowest BCUT2D eigenvalue weighted by molar-refractivity contribution is 0.687. The van der Waals surface area contributed by atoms with Crippen molar-refractivity contribution >= 4 is 64.2 Å². The molecule has 0 spiro atoms. The molecular formula is C54H38S. The summed E-state index contributed by atoms with van der Waals surface area (Å²) in [7, 11) is 0. The van der Waals surface area contributed by atoms with Gasteiger partial charge < -0.3 is 0 Å². The first-order valence-electron chi connectivity index (χ1n) is 19.4. The lowest BCUT2D eigenvalue weighted by Gasteiger charge is -2.33. The summed E-state index contributed by atoms with van der Waals surface area (Å²) in [4.78, 5) is 0. The normalized spacial score (nSPS) is 16.3. The summed E-state index contributed by atoms with van der Waals surface area (Å²) in [5.74, 6) is 0.510. The van der Waals surface area contributed by atoms with Gasteiger partial charge in [-0.3, -0.25) is 0 Å². The van der Waals surface area contributed by atoms with E-state index in [0.29, 0.717) is 0 Å². The molecule has 0 saturated carbocycles. The van der Waals surface area contributed by atoms with Crippen molar-refractivity contribution in [2.45, 2.75) is 13.8 Å². The molecular weight excluding hydrogens is 681 g/mol. The molecule has 55 heavy (non-hydrogen) atoms. The van der Waals surface area contributed by atoms with Gasteiger partial charge in [0.05, 0.1) is 0 Å². The maximum atomic E-state index is 2.46. The van der Waals surface area contributed by atoms with E-state index in [-0.39, 0.29) is 11.8 Å². The maximum absolute atomic E-state index is 2.46. The summed E-state index contributed by atoms with van der Waals surface area (Å²) in [5, 5.41) is 10.5. The first-order valence-corrected chi connectivity index (χ1v) is 20.2. The van der Waals surface area contributed by atoms with Gasteiger partial charge in [-0.05, 0) is 108 Å².